The van der Waals surface area contributed by atoms with Gasteiger partial charge in [0.25, 0.3) is 0 Å². The SMILES string of the molecule is CCC(C)NC(=O)Cn1cc(C=O)nn1. The molecule has 82 valence electrons. The van der Waals surface area contributed by atoms with Gasteiger partial charge in [-0.25, -0.2) is 4.68 Å². The van der Waals surface area contributed by atoms with Crippen molar-refractivity contribution >= 4 is 12.2 Å². The summed E-state index contributed by atoms with van der Waals surface area (Å²) < 4.78 is 1.33. The molecule has 0 aromatic carbocycles. The number of aldehydes is 1. The molecule has 0 fully saturated rings. The van der Waals surface area contributed by atoms with E-state index < -0.39 is 0 Å². The molecule has 0 aliphatic heterocycles. The zero-order chi connectivity index (χ0) is 11.3. The van der Waals surface area contributed by atoms with Gasteiger partial charge < -0.3 is 5.32 Å². The van der Waals surface area contributed by atoms with Crippen LogP contribution in [0.1, 0.15) is 30.8 Å². The Labute approximate surface area is 87.7 Å². The molecule has 1 atom stereocenters. The van der Waals surface area contributed by atoms with Crippen molar-refractivity contribution in [3.05, 3.63) is 11.9 Å². The normalized spacial score (nSPS) is 12.1. The third-order valence-electron chi connectivity index (χ3n) is 2.00. The Balaban J connectivity index is 2.47. The maximum Gasteiger partial charge on any atom is 0.242 e. The van der Waals surface area contributed by atoms with Crippen LogP contribution in [0.15, 0.2) is 6.20 Å². The lowest BCUT2D eigenvalue weighted by Crippen LogP contribution is -2.34. The standard InChI is InChI=1S/C9H14N4O2/c1-3-7(2)10-9(15)5-13-4-8(6-14)11-12-13/h4,6-7H,3,5H2,1-2H3,(H,10,15). The minimum absolute atomic E-state index is 0.0885. The maximum atomic E-state index is 11.4. The van der Waals surface area contributed by atoms with E-state index in [2.05, 4.69) is 15.6 Å². The molecule has 6 nitrogen and oxygen atoms in total. The van der Waals surface area contributed by atoms with Gasteiger partial charge in [0.15, 0.2) is 6.29 Å². The quantitative estimate of drug-likeness (QED) is 0.694. The van der Waals surface area contributed by atoms with Crippen molar-refractivity contribution in [2.75, 3.05) is 0 Å². The van der Waals surface area contributed by atoms with Gasteiger partial charge in [-0.2, -0.15) is 0 Å². The summed E-state index contributed by atoms with van der Waals surface area (Å²) in [6.07, 6.45) is 2.90. The Kier molecular flexibility index (Phi) is 3.96. The number of hydrogen-bond acceptors (Lipinski definition) is 4. The van der Waals surface area contributed by atoms with E-state index in [-0.39, 0.29) is 24.2 Å². The number of hydrogen-bond donors (Lipinski definition) is 1. The molecule has 1 rings (SSSR count). The summed E-state index contributed by atoms with van der Waals surface area (Å²) in [6, 6.07) is 0.145. The van der Waals surface area contributed by atoms with Crippen molar-refractivity contribution in [2.45, 2.75) is 32.9 Å². The molecule has 0 bridgehead atoms. The third kappa shape index (κ3) is 3.49. The zero-order valence-corrected chi connectivity index (χ0v) is 8.80. The predicted molar refractivity (Wildman–Crippen MR) is 53.3 cm³/mol. The Morgan fingerprint density at radius 1 is 1.73 bits per heavy atom. The summed E-state index contributed by atoms with van der Waals surface area (Å²) in [4.78, 5) is 21.7. The van der Waals surface area contributed by atoms with Gasteiger partial charge in [0.2, 0.25) is 5.91 Å². The van der Waals surface area contributed by atoms with E-state index in [1.54, 1.807) is 0 Å². The first kappa shape index (κ1) is 11.4. The van der Waals surface area contributed by atoms with Crippen molar-refractivity contribution in [2.24, 2.45) is 0 Å². The summed E-state index contributed by atoms with van der Waals surface area (Å²) in [7, 11) is 0. The van der Waals surface area contributed by atoms with Crippen LogP contribution in [0.25, 0.3) is 0 Å². The third-order valence-corrected chi connectivity index (χ3v) is 2.00. The Morgan fingerprint density at radius 3 is 3.00 bits per heavy atom. The summed E-state index contributed by atoms with van der Waals surface area (Å²) >= 11 is 0. The fourth-order valence-corrected chi connectivity index (χ4v) is 1.01. The molecule has 1 N–H and O–H groups in total. The number of aromatic nitrogens is 3. The minimum atomic E-state index is -0.133. The second-order valence-electron chi connectivity index (χ2n) is 3.34. The lowest BCUT2D eigenvalue weighted by Gasteiger charge is -2.10. The smallest absolute Gasteiger partial charge is 0.242 e. The lowest BCUT2D eigenvalue weighted by molar-refractivity contribution is -0.122. The van der Waals surface area contributed by atoms with E-state index in [0.29, 0.717) is 6.29 Å². The second kappa shape index (κ2) is 5.23. The van der Waals surface area contributed by atoms with Crippen LogP contribution < -0.4 is 5.32 Å². The molecule has 0 saturated carbocycles. The van der Waals surface area contributed by atoms with Gasteiger partial charge in [0, 0.05) is 6.04 Å². The molecule has 0 spiro atoms. The zero-order valence-electron chi connectivity index (χ0n) is 8.80. The molecule has 15 heavy (non-hydrogen) atoms. The predicted octanol–water partition coefficient (Wildman–Crippen LogP) is 0.00530. The summed E-state index contributed by atoms with van der Waals surface area (Å²) in [5, 5.41) is 9.98. The van der Waals surface area contributed by atoms with Crippen LogP contribution >= 0.6 is 0 Å². The Bertz CT molecular complexity index is 348. The number of nitrogens with zero attached hydrogens (tertiary/aromatic N) is 3. The molecule has 1 unspecified atom stereocenters. The summed E-state index contributed by atoms with van der Waals surface area (Å²) in [5.41, 5.74) is 0.228. The number of nitrogens with one attached hydrogen (secondary N) is 1. The van der Waals surface area contributed by atoms with Crippen molar-refractivity contribution in [3.63, 3.8) is 0 Å². The lowest BCUT2D eigenvalue weighted by atomic mass is 10.2. The molecule has 1 aromatic heterocycles. The van der Waals surface area contributed by atoms with Crippen LogP contribution in [0.4, 0.5) is 0 Å². The van der Waals surface area contributed by atoms with Crippen LogP contribution in [0.5, 0.6) is 0 Å². The Hall–Kier alpha value is -1.72. The molecular formula is C9H14N4O2. The van der Waals surface area contributed by atoms with Crippen molar-refractivity contribution in [1.82, 2.24) is 20.3 Å². The topological polar surface area (TPSA) is 76.9 Å². The number of rotatable bonds is 5. The first-order valence-electron chi connectivity index (χ1n) is 4.80. The molecule has 1 amide bonds. The van der Waals surface area contributed by atoms with Crippen LogP contribution in [0.2, 0.25) is 0 Å². The molecule has 0 aliphatic carbocycles. The Morgan fingerprint density at radius 2 is 2.47 bits per heavy atom. The van der Waals surface area contributed by atoms with Gasteiger partial charge >= 0.3 is 0 Å². The molecule has 0 saturated heterocycles. The van der Waals surface area contributed by atoms with Gasteiger partial charge in [0.1, 0.15) is 12.2 Å². The van der Waals surface area contributed by atoms with E-state index >= 15 is 0 Å². The molecule has 1 aromatic rings. The first-order chi connectivity index (χ1) is 7.15. The van der Waals surface area contributed by atoms with Crippen LogP contribution in [-0.4, -0.2) is 33.2 Å². The molecule has 0 radical (unpaired) electrons. The highest BCUT2D eigenvalue weighted by Crippen LogP contribution is 1.91. The van der Waals surface area contributed by atoms with Gasteiger partial charge in [-0.1, -0.05) is 12.1 Å². The van der Waals surface area contributed by atoms with Crippen LogP contribution in [0.3, 0.4) is 0 Å². The van der Waals surface area contributed by atoms with Crippen molar-refractivity contribution in [3.8, 4) is 0 Å². The molecule has 6 heteroatoms. The van der Waals surface area contributed by atoms with Gasteiger partial charge in [-0.05, 0) is 13.3 Å². The maximum absolute atomic E-state index is 11.4. The molecule has 1 heterocycles. The fourth-order valence-electron chi connectivity index (χ4n) is 1.01. The number of carbonyl (C=O) groups is 2. The monoisotopic (exact) mass is 210 g/mol. The first-order valence-corrected chi connectivity index (χ1v) is 4.80. The van der Waals surface area contributed by atoms with Gasteiger partial charge in [-0.15, -0.1) is 5.10 Å². The van der Waals surface area contributed by atoms with Crippen LogP contribution in [-0.2, 0) is 11.3 Å². The average molecular weight is 210 g/mol. The van der Waals surface area contributed by atoms with Crippen molar-refractivity contribution in [1.29, 1.82) is 0 Å². The minimum Gasteiger partial charge on any atom is -0.352 e. The van der Waals surface area contributed by atoms with E-state index in [4.69, 9.17) is 0 Å². The molecule has 0 aliphatic rings. The highest BCUT2D eigenvalue weighted by atomic mass is 16.2. The van der Waals surface area contributed by atoms with Gasteiger partial charge in [-0.3, -0.25) is 9.59 Å². The fraction of sp³-hybridized carbons (Fsp3) is 0.556. The van der Waals surface area contributed by atoms with Crippen molar-refractivity contribution < 1.29 is 9.59 Å². The largest absolute Gasteiger partial charge is 0.352 e. The van der Waals surface area contributed by atoms with E-state index in [9.17, 15) is 9.59 Å². The van der Waals surface area contributed by atoms with Gasteiger partial charge in [0.05, 0.1) is 6.20 Å². The highest BCUT2D eigenvalue weighted by Gasteiger charge is 2.07. The highest BCUT2D eigenvalue weighted by molar-refractivity contribution is 5.76. The van der Waals surface area contributed by atoms with E-state index in [1.807, 2.05) is 13.8 Å². The summed E-state index contributed by atoms with van der Waals surface area (Å²) in [6.45, 7) is 4.01. The van der Waals surface area contributed by atoms with Crippen LogP contribution in [0, 0.1) is 0 Å². The van der Waals surface area contributed by atoms with E-state index in [0.717, 1.165) is 6.42 Å². The summed E-state index contributed by atoms with van der Waals surface area (Å²) in [5.74, 6) is -0.133. The number of amides is 1. The molecular weight excluding hydrogens is 196 g/mol. The number of carbonyl (C=O) groups excluding carboxylic acids is 2. The second-order valence-corrected chi connectivity index (χ2v) is 3.34. The average Bonchev–Trinajstić information content (AvgIpc) is 2.65. The van der Waals surface area contributed by atoms with E-state index in [1.165, 1.54) is 10.9 Å².